The Morgan fingerprint density at radius 1 is 1.44 bits per heavy atom. The number of alkyl halides is 3. The topological polar surface area (TPSA) is 76.3 Å². The average Bonchev–Trinajstić information content (AvgIpc) is 2.53. The zero-order chi connectivity index (χ0) is 14.1. The van der Waals surface area contributed by atoms with Crippen molar-refractivity contribution in [3.05, 3.63) is 5.69 Å². The van der Waals surface area contributed by atoms with Crippen LogP contribution < -0.4 is 5.73 Å². The highest BCUT2D eigenvalue weighted by atomic mass is 32.2. The summed E-state index contributed by atoms with van der Waals surface area (Å²) >= 11 is 0.661. The van der Waals surface area contributed by atoms with Crippen molar-refractivity contribution in [3.63, 3.8) is 0 Å². The monoisotopic (exact) mass is 303 g/mol. The second-order valence-corrected chi connectivity index (χ2v) is 6.64. The number of aromatic nitrogens is 1. The van der Waals surface area contributed by atoms with Crippen molar-refractivity contribution in [1.29, 1.82) is 0 Å². The summed E-state index contributed by atoms with van der Waals surface area (Å²) in [4.78, 5) is 3.70. The van der Waals surface area contributed by atoms with Gasteiger partial charge in [0, 0.05) is 6.54 Å². The van der Waals surface area contributed by atoms with Crippen LogP contribution in [0.2, 0.25) is 0 Å². The lowest BCUT2D eigenvalue weighted by atomic mass is 10.6. The fourth-order valence-corrected chi connectivity index (χ4v) is 4.20. The standard InChI is InChI=1S/C8H12F3N3O2S2/c1-3-14(4-8(9,10)11)18(15,16)6-5(2)13-7(12)17-6/h3-4H2,1-2H3,(H2,12,13). The summed E-state index contributed by atoms with van der Waals surface area (Å²) in [5.74, 6) is 0. The number of aryl methyl sites for hydroxylation is 1. The molecule has 0 radical (unpaired) electrons. The Balaban J connectivity index is 3.15. The van der Waals surface area contributed by atoms with Gasteiger partial charge in [0.2, 0.25) is 0 Å². The summed E-state index contributed by atoms with van der Waals surface area (Å²) in [6, 6.07) is 0. The first-order valence-corrected chi connectivity index (χ1v) is 7.13. The van der Waals surface area contributed by atoms with Crippen LogP contribution in [-0.2, 0) is 10.0 Å². The Labute approximate surface area is 106 Å². The van der Waals surface area contributed by atoms with Crippen molar-refractivity contribution in [2.45, 2.75) is 24.2 Å². The number of thiazole rings is 1. The summed E-state index contributed by atoms with van der Waals surface area (Å²) in [6.45, 7) is 0.923. The molecule has 0 aliphatic rings. The van der Waals surface area contributed by atoms with E-state index in [1.165, 1.54) is 13.8 Å². The van der Waals surface area contributed by atoms with Crippen LogP contribution in [0.3, 0.4) is 0 Å². The largest absolute Gasteiger partial charge is 0.402 e. The Bertz CT molecular complexity index is 524. The molecule has 1 heterocycles. The van der Waals surface area contributed by atoms with Crippen molar-refractivity contribution < 1.29 is 21.6 Å². The van der Waals surface area contributed by atoms with Gasteiger partial charge in [0.25, 0.3) is 10.0 Å². The number of rotatable bonds is 4. The summed E-state index contributed by atoms with van der Waals surface area (Å²) in [5, 5.41) is 0.00846. The first-order chi connectivity index (χ1) is 8.08. The van der Waals surface area contributed by atoms with Gasteiger partial charge < -0.3 is 5.73 Å². The van der Waals surface area contributed by atoms with Crippen molar-refractivity contribution in [3.8, 4) is 0 Å². The van der Waals surface area contributed by atoms with Crippen LogP contribution in [0.5, 0.6) is 0 Å². The van der Waals surface area contributed by atoms with E-state index in [0.29, 0.717) is 15.6 Å². The molecule has 0 saturated carbocycles. The fraction of sp³-hybridized carbons (Fsp3) is 0.625. The third-order valence-electron chi connectivity index (χ3n) is 2.05. The maximum atomic E-state index is 12.3. The lowest BCUT2D eigenvalue weighted by molar-refractivity contribution is -0.135. The number of nitrogens with two attached hydrogens (primary N) is 1. The van der Waals surface area contributed by atoms with E-state index in [1.54, 1.807) is 0 Å². The minimum atomic E-state index is -4.59. The van der Waals surface area contributed by atoms with E-state index in [9.17, 15) is 21.6 Å². The Kier molecular flexibility index (Phi) is 4.23. The van der Waals surface area contributed by atoms with Gasteiger partial charge in [-0.05, 0) is 6.92 Å². The highest BCUT2D eigenvalue weighted by Crippen LogP contribution is 2.29. The maximum absolute atomic E-state index is 12.3. The SMILES string of the molecule is CCN(CC(F)(F)F)S(=O)(=O)c1sc(N)nc1C. The molecule has 0 saturated heterocycles. The first-order valence-electron chi connectivity index (χ1n) is 4.87. The third-order valence-corrected chi connectivity index (χ3v) is 5.55. The first kappa shape index (κ1) is 15.2. The van der Waals surface area contributed by atoms with Gasteiger partial charge in [-0.15, -0.1) is 0 Å². The van der Waals surface area contributed by atoms with Crippen LogP contribution in [-0.4, -0.2) is 37.0 Å². The van der Waals surface area contributed by atoms with Gasteiger partial charge in [0.05, 0.1) is 5.69 Å². The predicted octanol–water partition coefficient (Wildman–Crippen LogP) is 1.61. The number of sulfonamides is 1. The van der Waals surface area contributed by atoms with Crippen LogP contribution in [0, 0.1) is 6.92 Å². The second-order valence-electron chi connectivity index (χ2n) is 3.47. The normalized spacial score (nSPS) is 13.2. The molecular formula is C8H12F3N3O2S2. The van der Waals surface area contributed by atoms with Gasteiger partial charge in [-0.3, -0.25) is 0 Å². The molecule has 18 heavy (non-hydrogen) atoms. The molecule has 1 aromatic rings. The number of nitrogen functional groups attached to an aromatic ring is 1. The zero-order valence-electron chi connectivity index (χ0n) is 9.65. The molecule has 0 bridgehead atoms. The van der Waals surface area contributed by atoms with E-state index in [0.717, 1.165) is 0 Å². The number of hydrogen-bond acceptors (Lipinski definition) is 5. The fourth-order valence-electron chi connectivity index (χ4n) is 1.33. The van der Waals surface area contributed by atoms with E-state index >= 15 is 0 Å². The van der Waals surface area contributed by atoms with E-state index < -0.39 is 22.7 Å². The minimum absolute atomic E-state index is 0.00846. The molecule has 0 spiro atoms. The molecule has 0 aliphatic heterocycles. The molecule has 0 aliphatic carbocycles. The number of hydrogen-bond donors (Lipinski definition) is 1. The van der Waals surface area contributed by atoms with Gasteiger partial charge in [0.15, 0.2) is 9.34 Å². The molecule has 0 fully saturated rings. The van der Waals surface area contributed by atoms with Gasteiger partial charge >= 0.3 is 6.18 Å². The predicted molar refractivity (Wildman–Crippen MR) is 61.8 cm³/mol. The van der Waals surface area contributed by atoms with Crippen molar-refractivity contribution in [1.82, 2.24) is 9.29 Å². The molecular weight excluding hydrogens is 291 g/mol. The quantitative estimate of drug-likeness (QED) is 0.916. The van der Waals surface area contributed by atoms with Gasteiger partial charge in [-0.2, -0.15) is 17.5 Å². The zero-order valence-corrected chi connectivity index (χ0v) is 11.3. The van der Waals surface area contributed by atoms with Gasteiger partial charge in [0.1, 0.15) is 6.54 Å². The summed E-state index contributed by atoms with van der Waals surface area (Å²) in [7, 11) is -4.20. The van der Waals surface area contributed by atoms with Crippen LogP contribution in [0.25, 0.3) is 0 Å². The van der Waals surface area contributed by atoms with E-state index in [-0.39, 0.29) is 21.6 Å². The lowest BCUT2D eigenvalue weighted by Crippen LogP contribution is -2.38. The Morgan fingerprint density at radius 2 is 2.00 bits per heavy atom. The summed E-state index contributed by atoms with van der Waals surface area (Å²) in [6.07, 6.45) is -4.59. The molecule has 1 aromatic heterocycles. The minimum Gasteiger partial charge on any atom is -0.375 e. The van der Waals surface area contributed by atoms with E-state index in [4.69, 9.17) is 5.73 Å². The highest BCUT2D eigenvalue weighted by Gasteiger charge is 2.37. The van der Waals surface area contributed by atoms with Gasteiger partial charge in [-0.25, -0.2) is 13.4 Å². The van der Waals surface area contributed by atoms with Crippen molar-refractivity contribution in [2.75, 3.05) is 18.8 Å². The van der Waals surface area contributed by atoms with Crippen molar-refractivity contribution in [2.24, 2.45) is 0 Å². The number of nitrogens with zero attached hydrogens (tertiary/aromatic N) is 2. The molecule has 0 aromatic carbocycles. The second kappa shape index (κ2) is 5.02. The van der Waals surface area contributed by atoms with Crippen molar-refractivity contribution >= 4 is 26.5 Å². The van der Waals surface area contributed by atoms with Crippen LogP contribution in [0.15, 0.2) is 4.21 Å². The van der Waals surface area contributed by atoms with E-state index in [1.807, 2.05) is 0 Å². The molecule has 10 heteroatoms. The number of anilines is 1. The van der Waals surface area contributed by atoms with Gasteiger partial charge in [-0.1, -0.05) is 18.3 Å². The number of halogens is 3. The van der Waals surface area contributed by atoms with Crippen LogP contribution >= 0.6 is 11.3 Å². The molecule has 5 nitrogen and oxygen atoms in total. The molecule has 0 unspecified atom stereocenters. The Hall–Kier alpha value is -0.870. The smallest absolute Gasteiger partial charge is 0.375 e. The third kappa shape index (κ3) is 3.33. The summed E-state index contributed by atoms with van der Waals surface area (Å²) < 4.78 is 61.0. The highest BCUT2D eigenvalue weighted by molar-refractivity contribution is 7.91. The molecule has 0 amide bonds. The lowest BCUT2D eigenvalue weighted by Gasteiger charge is -2.21. The maximum Gasteiger partial charge on any atom is 0.402 e. The molecule has 1 rings (SSSR count). The Morgan fingerprint density at radius 3 is 2.33 bits per heavy atom. The molecule has 2 N–H and O–H groups in total. The molecule has 104 valence electrons. The van der Waals surface area contributed by atoms with E-state index in [2.05, 4.69) is 4.98 Å². The van der Waals surface area contributed by atoms with Crippen LogP contribution in [0.1, 0.15) is 12.6 Å². The summed E-state index contributed by atoms with van der Waals surface area (Å²) in [5.41, 5.74) is 5.46. The van der Waals surface area contributed by atoms with Crippen LogP contribution in [0.4, 0.5) is 18.3 Å². The average molecular weight is 303 g/mol. The molecule has 0 atom stereocenters.